The van der Waals surface area contributed by atoms with Crippen molar-refractivity contribution in [2.45, 2.75) is 12.5 Å². The Morgan fingerprint density at radius 1 is 1.52 bits per heavy atom. The van der Waals surface area contributed by atoms with E-state index in [1.165, 1.54) is 4.57 Å². The summed E-state index contributed by atoms with van der Waals surface area (Å²) in [5.74, 6) is 1.94. The van der Waals surface area contributed by atoms with Crippen LogP contribution in [0.4, 0.5) is 0 Å². The first kappa shape index (κ1) is 14.3. The summed E-state index contributed by atoms with van der Waals surface area (Å²) in [4.78, 5) is 27.3. The average molecular weight is 321 g/mol. The fourth-order valence-electron chi connectivity index (χ4n) is 2.36. The van der Waals surface area contributed by atoms with E-state index in [4.69, 9.17) is 12.2 Å². The number of rotatable bonds is 2. The van der Waals surface area contributed by atoms with Crippen LogP contribution >= 0.6 is 24.0 Å². The van der Waals surface area contributed by atoms with Gasteiger partial charge in [-0.1, -0.05) is 0 Å². The molecular formula is C14H15N3O2S2. The van der Waals surface area contributed by atoms with Crippen LogP contribution in [0.2, 0.25) is 0 Å². The number of carbonyl (C=O) groups is 1. The van der Waals surface area contributed by atoms with E-state index in [0.717, 1.165) is 17.9 Å². The molecule has 3 rings (SSSR count). The molecule has 1 fully saturated rings. The van der Waals surface area contributed by atoms with E-state index in [-0.39, 0.29) is 17.5 Å². The van der Waals surface area contributed by atoms with Gasteiger partial charge in [-0.2, -0.15) is 11.8 Å². The third kappa shape index (κ3) is 2.75. The van der Waals surface area contributed by atoms with E-state index >= 15 is 0 Å². The lowest BCUT2D eigenvalue weighted by molar-refractivity contribution is 0.0941. The predicted octanol–water partition coefficient (Wildman–Crippen LogP) is 1.83. The molecule has 1 aromatic carbocycles. The quantitative estimate of drug-likeness (QED) is 0.828. The van der Waals surface area contributed by atoms with Crippen LogP contribution in [0.25, 0.3) is 10.9 Å². The maximum atomic E-state index is 12.2. The lowest BCUT2D eigenvalue weighted by atomic mass is 10.1. The fraction of sp³-hybridized carbons (Fsp3) is 0.357. The number of amides is 1. The number of carbonyl (C=O) groups excluding carboxylic acids is 1. The molecule has 0 spiro atoms. The first-order valence-electron chi connectivity index (χ1n) is 6.68. The summed E-state index contributed by atoms with van der Waals surface area (Å²) in [5, 5.41) is 3.54. The standard InChI is InChI=1S/C14H15N3O2S2/c1-17-13(19)10-3-2-8(6-11(10)16-14(17)20)12(18)15-9-4-5-21-7-9/h2-3,6,9H,4-5,7H2,1H3,(H,15,18)(H,16,20)/t9-/m0/s1. The minimum absolute atomic E-state index is 0.107. The summed E-state index contributed by atoms with van der Waals surface area (Å²) >= 11 is 6.95. The number of hydrogen-bond donors (Lipinski definition) is 2. The molecule has 1 aliphatic rings. The summed E-state index contributed by atoms with van der Waals surface area (Å²) < 4.78 is 1.73. The van der Waals surface area contributed by atoms with Crippen LogP contribution in [0.1, 0.15) is 16.8 Å². The molecular weight excluding hydrogens is 306 g/mol. The van der Waals surface area contributed by atoms with E-state index < -0.39 is 0 Å². The molecule has 110 valence electrons. The van der Waals surface area contributed by atoms with Gasteiger partial charge < -0.3 is 10.3 Å². The topological polar surface area (TPSA) is 66.9 Å². The van der Waals surface area contributed by atoms with Crippen LogP contribution in [0.15, 0.2) is 23.0 Å². The van der Waals surface area contributed by atoms with Gasteiger partial charge in [-0.3, -0.25) is 14.2 Å². The molecule has 5 nitrogen and oxygen atoms in total. The van der Waals surface area contributed by atoms with Crippen molar-refractivity contribution in [3.05, 3.63) is 38.9 Å². The molecule has 0 saturated carbocycles. The molecule has 2 aromatic rings. The van der Waals surface area contributed by atoms with Crippen LogP contribution in [0, 0.1) is 4.77 Å². The molecule has 2 N–H and O–H groups in total. The van der Waals surface area contributed by atoms with E-state index in [1.54, 1.807) is 25.2 Å². The number of hydrogen-bond acceptors (Lipinski definition) is 4. The first-order chi connectivity index (χ1) is 10.1. The van der Waals surface area contributed by atoms with Crippen molar-refractivity contribution in [3.8, 4) is 0 Å². The molecule has 1 saturated heterocycles. The van der Waals surface area contributed by atoms with Gasteiger partial charge in [0, 0.05) is 24.4 Å². The summed E-state index contributed by atoms with van der Waals surface area (Å²) in [6.45, 7) is 0. The van der Waals surface area contributed by atoms with E-state index in [2.05, 4.69) is 10.3 Å². The number of aromatic nitrogens is 2. The van der Waals surface area contributed by atoms with Gasteiger partial charge in [0.05, 0.1) is 10.9 Å². The van der Waals surface area contributed by atoms with Crippen molar-refractivity contribution in [1.29, 1.82) is 0 Å². The second kappa shape index (κ2) is 5.65. The predicted molar refractivity (Wildman–Crippen MR) is 87.6 cm³/mol. The molecule has 0 bridgehead atoms. The van der Waals surface area contributed by atoms with Crippen molar-refractivity contribution < 1.29 is 4.79 Å². The lowest BCUT2D eigenvalue weighted by Gasteiger charge is -2.11. The second-order valence-corrected chi connectivity index (χ2v) is 6.63. The van der Waals surface area contributed by atoms with Gasteiger partial charge in [0.1, 0.15) is 0 Å². The number of fused-ring (bicyclic) bond motifs is 1. The smallest absolute Gasteiger partial charge is 0.261 e. The summed E-state index contributed by atoms with van der Waals surface area (Å²) in [6, 6.07) is 5.27. The van der Waals surface area contributed by atoms with Gasteiger partial charge in [-0.15, -0.1) is 0 Å². The van der Waals surface area contributed by atoms with Gasteiger partial charge >= 0.3 is 0 Å². The SMILES string of the molecule is Cn1c(=S)[nH]c2cc(C(=O)N[C@H]3CCSC3)ccc2c1=O. The number of nitrogens with zero attached hydrogens (tertiary/aromatic N) is 1. The van der Waals surface area contributed by atoms with Crippen LogP contribution in [-0.2, 0) is 7.05 Å². The number of nitrogens with one attached hydrogen (secondary N) is 2. The minimum atomic E-state index is -0.159. The zero-order valence-electron chi connectivity index (χ0n) is 11.5. The highest BCUT2D eigenvalue weighted by Gasteiger charge is 2.18. The van der Waals surface area contributed by atoms with Crippen molar-refractivity contribution in [3.63, 3.8) is 0 Å². The minimum Gasteiger partial charge on any atom is -0.348 e. The number of benzene rings is 1. The van der Waals surface area contributed by atoms with Crippen molar-refractivity contribution in [2.75, 3.05) is 11.5 Å². The Morgan fingerprint density at radius 3 is 3.05 bits per heavy atom. The Bertz CT molecular complexity index is 819. The van der Waals surface area contributed by atoms with E-state index in [0.29, 0.717) is 21.2 Å². The normalized spacial score (nSPS) is 18.0. The van der Waals surface area contributed by atoms with Crippen LogP contribution in [-0.4, -0.2) is 33.0 Å². The van der Waals surface area contributed by atoms with E-state index in [1.807, 2.05) is 11.8 Å². The molecule has 1 aliphatic heterocycles. The van der Waals surface area contributed by atoms with Crippen molar-refractivity contribution in [1.82, 2.24) is 14.9 Å². The molecule has 21 heavy (non-hydrogen) atoms. The highest BCUT2D eigenvalue weighted by molar-refractivity contribution is 7.99. The first-order valence-corrected chi connectivity index (χ1v) is 8.24. The Morgan fingerprint density at radius 2 is 2.33 bits per heavy atom. The maximum Gasteiger partial charge on any atom is 0.261 e. The third-order valence-corrected chi connectivity index (χ3v) is 5.17. The average Bonchev–Trinajstić information content (AvgIpc) is 2.97. The number of aromatic amines is 1. The van der Waals surface area contributed by atoms with Gasteiger partial charge in [0.25, 0.3) is 11.5 Å². The molecule has 1 atom stereocenters. The largest absolute Gasteiger partial charge is 0.348 e. The maximum absolute atomic E-state index is 12.2. The Labute approximate surface area is 130 Å². The number of thioether (sulfide) groups is 1. The Hall–Kier alpha value is -1.60. The summed E-state index contributed by atoms with van der Waals surface area (Å²) in [7, 11) is 1.62. The van der Waals surface area contributed by atoms with Gasteiger partial charge in [0.15, 0.2) is 4.77 Å². The highest BCUT2D eigenvalue weighted by Crippen LogP contribution is 2.18. The second-order valence-electron chi connectivity index (χ2n) is 5.09. The fourth-order valence-corrected chi connectivity index (χ4v) is 3.71. The van der Waals surface area contributed by atoms with Crippen LogP contribution in [0.5, 0.6) is 0 Å². The van der Waals surface area contributed by atoms with Gasteiger partial charge in [-0.05, 0) is 42.6 Å². The molecule has 0 unspecified atom stereocenters. The molecule has 0 aliphatic carbocycles. The van der Waals surface area contributed by atoms with E-state index in [9.17, 15) is 9.59 Å². The zero-order valence-corrected chi connectivity index (χ0v) is 13.1. The zero-order chi connectivity index (χ0) is 15.0. The summed E-state index contributed by atoms with van der Waals surface area (Å²) in [6.07, 6.45) is 1.01. The highest BCUT2D eigenvalue weighted by atomic mass is 32.2. The molecule has 1 amide bonds. The number of H-pyrrole nitrogens is 1. The molecule has 0 radical (unpaired) electrons. The molecule has 1 aromatic heterocycles. The molecule has 2 heterocycles. The third-order valence-electron chi connectivity index (χ3n) is 3.63. The lowest BCUT2D eigenvalue weighted by Crippen LogP contribution is -2.34. The van der Waals surface area contributed by atoms with Crippen molar-refractivity contribution >= 4 is 40.8 Å². The van der Waals surface area contributed by atoms with Crippen LogP contribution < -0.4 is 10.9 Å². The van der Waals surface area contributed by atoms with Gasteiger partial charge in [-0.25, -0.2) is 0 Å². The Kier molecular flexibility index (Phi) is 3.86. The van der Waals surface area contributed by atoms with Crippen molar-refractivity contribution in [2.24, 2.45) is 7.05 Å². The Balaban J connectivity index is 1.97. The van der Waals surface area contributed by atoms with Gasteiger partial charge in [0.2, 0.25) is 0 Å². The van der Waals surface area contributed by atoms with Crippen LogP contribution in [0.3, 0.4) is 0 Å². The molecule has 7 heteroatoms. The monoisotopic (exact) mass is 321 g/mol. The summed E-state index contributed by atoms with van der Waals surface area (Å²) in [5.41, 5.74) is 0.975.